The topological polar surface area (TPSA) is 93.2 Å². The van der Waals surface area contributed by atoms with E-state index in [2.05, 4.69) is 20.8 Å². The fraction of sp³-hybridized carbons (Fsp3) is 0.238. The molecule has 29 heavy (non-hydrogen) atoms. The lowest BCUT2D eigenvalue weighted by atomic mass is 10.1. The number of amides is 2. The maximum absolute atomic E-state index is 12.5. The minimum absolute atomic E-state index is 0.0821. The van der Waals surface area contributed by atoms with Crippen LogP contribution in [0.4, 0.5) is 5.69 Å². The second-order valence-electron chi connectivity index (χ2n) is 6.42. The van der Waals surface area contributed by atoms with Gasteiger partial charge in [-0.05, 0) is 43.7 Å². The predicted octanol–water partition coefficient (Wildman–Crippen LogP) is 3.90. The number of nitrogens with zero attached hydrogens (tertiary/aromatic N) is 2. The highest BCUT2D eigenvalue weighted by Gasteiger charge is 2.15. The van der Waals surface area contributed by atoms with Gasteiger partial charge in [-0.15, -0.1) is 10.2 Å². The summed E-state index contributed by atoms with van der Waals surface area (Å²) in [6.45, 7) is 4.18. The van der Waals surface area contributed by atoms with Gasteiger partial charge in [0, 0.05) is 17.3 Å². The van der Waals surface area contributed by atoms with Crippen LogP contribution in [-0.4, -0.2) is 28.1 Å². The molecule has 3 rings (SSSR count). The molecule has 0 aliphatic heterocycles. The third-order valence-electron chi connectivity index (χ3n) is 4.14. The van der Waals surface area contributed by atoms with Crippen LogP contribution < -0.4 is 15.4 Å². The van der Waals surface area contributed by atoms with Gasteiger partial charge in [-0.1, -0.05) is 42.5 Å². The number of aromatic nitrogens is 2. The lowest BCUT2D eigenvalue weighted by Gasteiger charge is -2.12. The van der Waals surface area contributed by atoms with Crippen LogP contribution in [-0.2, 0) is 6.61 Å². The molecule has 0 saturated carbocycles. The predicted molar refractivity (Wildman–Crippen MR) is 112 cm³/mol. The normalized spacial score (nSPS) is 11.5. The number of benzene rings is 2. The molecule has 1 aromatic heterocycles. The van der Waals surface area contributed by atoms with Crippen molar-refractivity contribution in [1.82, 2.24) is 15.5 Å². The summed E-state index contributed by atoms with van der Waals surface area (Å²) in [6.07, 6.45) is 0.843. The molecule has 1 heterocycles. The summed E-state index contributed by atoms with van der Waals surface area (Å²) in [6, 6.07) is 16.2. The van der Waals surface area contributed by atoms with E-state index in [-0.39, 0.29) is 29.5 Å². The van der Waals surface area contributed by atoms with E-state index in [1.165, 1.54) is 0 Å². The van der Waals surface area contributed by atoms with Gasteiger partial charge in [0.2, 0.25) is 5.01 Å². The molecule has 0 spiro atoms. The zero-order chi connectivity index (χ0) is 20.6. The maximum atomic E-state index is 12.5. The SMILES string of the molecule is CCC(C)NC(=O)c1cccc(NC(=O)c2nnc(COc3ccccc3)s2)c1. The number of nitrogens with one attached hydrogen (secondary N) is 2. The molecule has 150 valence electrons. The van der Waals surface area contributed by atoms with Crippen molar-refractivity contribution < 1.29 is 14.3 Å². The van der Waals surface area contributed by atoms with E-state index in [1.807, 2.05) is 44.2 Å². The van der Waals surface area contributed by atoms with Crippen molar-refractivity contribution in [2.45, 2.75) is 32.9 Å². The van der Waals surface area contributed by atoms with Crippen LogP contribution in [0.5, 0.6) is 5.75 Å². The van der Waals surface area contributed by atoms with Crippen molar-refractivity contribution in [3.8, 4) is 5.75 Å². The van der Waals surface area contributed by atoms with Gasteiger partial charge in [-0.25, -0.2) is 0 Å². The molecule has 1 atom stereocenters. The summed E-state index contributed by atoms with van der Waals surface area (Å²) in [7, 11) is 0. The van der Waals surface area contributed by atoms with E-state index in [0.717, 1.165) is 23.5 Å². The van der Waals surface area contributed by atoms with Gasteiger partial charge in [-0.2, -0.15) is 0 Å². The van der Waals surface area contributed by atoms with Crippen molar-refractivity contribution in [1.29, 1.82) is 0 Å². The Labute approximate surface area is 173 Å². The lowest BCUT2D eigenvalue weighted by molar-refractivity contribution is 0.0938. The van der Waals surface area contributed by atoms with Gasteiger partial charge >= 0.3 is 0 Å². The molecule has 2 N–H and O–H groups in total. The number of carbonyl (C=O) groups is 2. The molecule has 0 bridgehead atoms. The average molecular weight is 410 g/mol. The smallest absolute Gasteiger partial charge is 0.286 e. The molecule has 0 aliphatic carbocycles. The van der Waals surface area contributed by atoms with E-state index >= 15 is 0 Å². The van der Waals surface area contributed by atoms with Crippen LogP contribution in [0.2, 0.25) is 0 Å². The molecule has 7 nitrogen and oxygen atoms in total. The van der Waals surface area contributed by atoms with Crippen molar-refractivity contribution in [3.05, 3.63) is 70.2 Å². The Hall–Kier alpha value is -3.26. The summed E-state index contributed by atoms with van der Waals surface area (Å²) in [4.78, 5) is 24.7. The molecule has 0 saturated heterocycles. The van der Waals surface area contributed by atoms with E-state index in [9.17, 15) is 9.59 Å². The van der Waals surface area contributed by atoms with Gasteiger partial charge in [0.15, 0.2) is 5.01 Å². The van der Waals surface area contributed by atoms with Crippen molar-refractivity contribution in [2.24, 2.45) is 0 Å². The molecule has 1 unspecified atom stereocenters. The number of anilines is 1. The molecule has 3 aromatic rings. The fourth-order valence-electron chi connectivity index (χ4n) is 2.40. The minimum Gasteiger partial charge on any atom is -0.486 e. The molecule has 0 fully saturated rings. The first kappa shape index (κ1) is 20.5. The number of ether oxygens (including phenoxy) is 1. The number of hydrogen-bond acceptors (Lipinski definition) is 6. The van der Waals surface area contributed by atoms with Gasteiger partial charge in [0.1, 0.15) is 12.4 Å². The maximum Gasteiger partial charge on any atom is 0.286 e. The zero-order valence-electron chi connectivity index (χ0n) is 16.2. The first-order chi connectivity index (χ1) is 14.0. The van der Waals surface area contributed by atoms with Crippen LogP contribution in [0.25, 0.3) is 0 Å². The standard InChI is InChI=1S/C21H22N4O3S/c1-3-14(2)22-19(26)15-8-7-9-16(12-15)23-20(27)21-25-24-18(29-21)13-28-17-10-5-4-6-11-17/h4-12,14H,3,13H2,1-2H3,(H,22,26)(H,23,27). The van der Waals surface area contributed by atoms with Gasteiger partial charge in [0.05, 0.1) is 0 Å². The largest absolute Gasteiger partial charge is 0.486 e. The third kappa shape index (κ3) is 5.86. The van der Waals surface area contributed by atoms with Gasteiger partial charge in [-0.3, -0.25) is 9.59 Å². The van der Waals surface area contributed by atoms with Gasteiger partial charge < -0.3 is 15.4 Å². The average Bonchev–Trinajstić information content (AvgIpc) is 3.22. The van der Waals surface area contributed by atoms with Crippen LogP contribution in [0, 0.1) is 0 Å². The Bertz CT molecular complexity index is 975. The highest BCUT2D eigenvalue weighted by Crippen LogP contribution is 2.17. The van der Waals surface area contributed by atoms with E-state index < -0.39 is 0 Å². The highest BCUT2D eigenvalue weighted by atomic mass is 32.1. The first-order valence-electron chi connectivity index (χ1n) is 9.27. The van der Waals surface area contributed by atoms with Crippen molar-refractivity contribution in [3.63, 3.8) is 0 Å². The van der Waals surface area contributed by atoms with E-state index in [4.69, 9.17) is 4.74 Å². The van der Waals surface area contributed by atoms with Crippen LogP contribution in [0.15, 0.2) is 54.6 Å². The molecule has 0 radical (unpaired) electrons. The van der Waals surface area contributed by atoms with Crippen LogP contribution >= 0.6 is 11.3 Å². The Balaban J connectivity index is 1.60. The second kappa shape index (κ2) is 9.79. The van der Waals surface area contributed by atoms with E-state index in [0.29, 0.717) is 16.3 Å². The summed E-state index contributed by atoms with van der Waals surface area (Å²) >= 11 is 1.16. The molecule has 2 amide bonds. The highest BCUT2D eigenvalue weighted by molar-refractivity contribution is 7.13. The number of hydrogen-bond donors (Lipinski definition) is 2. The van der Waals surface area contributed by atoms with Crippen molar-refractivity contribution >= 4 is 28.8 Å². The van der Waals surface area contributed by atoms with Gasteiger partial charge in [0.25, 0.3) is 11.8 Å². The quantitative estimate of drug-likeness (QED) is 0.587. The summed E-state index contributed by atoms with van der Waals surface area (Å²) in [5, 5.41) is 14.4. The summed E-state index contributed by atoms with van der Waals surface area (Å²) < 4.78 is 5.62. The Morgan fingerprint density at radius 2 is 1.86 bits per heavy atom. The number of carbonyl (C=O) groups excluding carboxylic acids is 2. The summed E-state index contributed by atoms with van der Waals surface area (Å²) in [5.74, 6) is 0.167. The van der Waals surface area contributed by atoms with Crippen LogP contribution in [0.1, 0.15) is 45.4 Å². The molecular weight excluding hydrogens is 388 g/mol. The number of para-hydroxylation sites is 1. The lowest BCUT2D eigenvalue weighted by Crippen LogP contribution is -2.31. The second-order valence-corrected chi connectivity index (χ2v) is 7.48. The van der Waals surface area contributed by atoms with Crippen molar-refractivity contribution in [2.75, 3.05) is 5.32 Å². The fourth-order valence-corrected chi connectivity index (χ4v) is 3.05. The Morgan fingerprint density at radius 1 is 1.07 bits per heavy atom. The number of rotatable bonds is 8. The Kier molecular flexibility index (Phi) is 6.91. The molecule has 0 aliphatic rings. The van der Waals surface area contributed by atoms with E-state index in [1.54, 1.807) is 24.3 Å². The molecule has 8 heteroatoms. The molecule has 2 aromatic carbocycles. The summed E-state index contributed by atoms with van der Waals surface area (Å²) in [5.41, 5.74) is 1.00. The van der Waals surface area contributed by atoms with Crippen LogP contribution in [0.3, 0.4) is 0 Å². The zero-order valence-corrected chi connectivity index (χ0v) is 17.0. The minimum atomic E-state index is -0.382. The molecular formula is C21H22N4O3S. The first-order valence-corrected chi connectivity index (χ1v) is 10.1. The Morgan fingerprint density at radius 3 is 2.62 bits per heavy atom. The monoisotopic (exact) mass is 410 g/mol. The third-order valence-corrected chi connectivity index (χ3v) is 5.03.